The van der Waals surface area contributed by atoms with Crippen LogP contribution in [0.5, 0.6) is 5.88 Å². The second kappa shape index (κ2) is 7.25. The average molecular weight is 327 g/mol. The average Bonchev–Trinajstić information content (AvgIpc) is 3.12. The Morgan fingerprint density at radius 1 is 1.46 bits per heavy atom. The molecule has 0 aliphatic carbocycles. The molecule has 2 aromatic rings. The molecular weight excluding hydrogens is 306 g/mol. The van der Waals surface area contributed by atoms with Crippen LogP contribution in [0.1, 0.15) is 41.9 Å². The van der Waals surface area contributed by atoms with Crippen LogP contribution in [-0.2, 0) is 0 Å². The van der Waals surface area contributed by atoms with Crippen LogP contribution in [0.4, 0.5) is 5.82 Å². The van der Waals surface area contributed by atoms with Gasteiger partial charge in [-0.25, -0.2) is 9.97 Å². The third kappa shape index (κ3) is 3.15. The monoisotopic (exact) mass is 327 g/mol. The van der Waals surface area contributed by atoms with Gasteiger partial charge in [-0.2, -0.15) is 0 Å². The minimum Gasteiger partial charge on any atom is -0.477 e. The second-order valence-electron chi connectivity index (χ2n) is 5.52. The highest BCUT2D eigenvalue weighted by molar-refractivity contribution is 5.96. The predicted octanol–water partition coefficient (Wildman–Crippen LogP) is 2.29. The molecule has 0 aromatic carbocycles. The van der Waals surface area contributed by atoms with Crippen molar-refractivity contribution in [2.24, 2.45) is 0 Å². The molecule has 1 unspecified atom stereocenters. The molecule has 7 heteroatoms. The van der Waals surface area contributed by atoms with Crippen molar-refractivity contribution in [1.82, 2.24) is 19.9 Å². The Morgan fingerprint density at radius 3 is 3.12 bits per heavy atom. The molecule has 0 spiro atoms. The van der Waals surface area contributed by atoms with Gasteiger partial charge in [0.25, 0.3) is 5.91 Å². The summed E-state index contributed by atoms with van der Waals surface area (Å²) >= 11 is 0. The van der Waals surface area contributed by atoms with Gasteiger partial charge in [0.2, 0.25) is 5.88 Å². The number of amides is 1. The molecule has 7 nitrogen and oxygen atoms in total. The van der Waals surface area contributed by atoms with Crippen LogP contribution in [0.3, 0.4) is 0 Å². The molecule has 126 valence electrons. The normalized spacial score (nSPS) is 16.9. The van der Waals surface area contributed by atoms with Crippen LogP contribution in [-0.4, -0.2) is 46.0 Å². The number of nitrogens with zero attached hydrogens (tertiary/aromatic N) is 4. The van der Waals surface area contributed by atoms with Gasteiger partial charge in [-0.15, -0.1) is 0 Å². The molecule has 24 heavy (non-hydrogen) atoms. The van der Waals surface area contributed by atoms with E-state index in [9.17, 15) is 4.79 Å². The zero-order chi connectivity index (χ0) is 16.9. The molecule has 0 radical (unpaired) electrons. The van der Waals surface area contributed by atoms with Crippen LogP contribution in [0.2, 0.25) is 0 Å². The number of hydrogen-bond acceptors (Lipinski definition) is 6. The first-order valence-electron chi connectivity index (χ1n) is 8.13. The molecule has 1 N–H and O–H groups in total. The maximum Gasteiger partial charge on any atom is 0.259 e. The van der Waals surface area contributed by atoms with E-state index < -0.39 is 0 Å². The molecule has 1 saturated heterocycles. The number of hydrogen-bond donors (Lipinski definition) is 1. The number of rotatable bonds is 5. The van der Waals surface area contributed by atoms with Gasteiger partial charge in [0.1, 0.15) is 11.4 Å². The fourth-order valence-corrected chi connectivity index (χ4v) is 2.94. The molecule has 1 amide bonds. The first-order valence-corrected chi connectivity index (χ1v) is 8.13. The minimum atomic E-state index is -0.0780. The predicted molar refractivity (Wildman–Crippen MR) is 90.0 cm³/mol. The fourth-order valence-electron chi connectivity index (χ4n) is 2.94. The highest BCUT2D eigenvalue weighted by Crippen LogP contribution is 2.33. The molecule has 1 aliphatic rings. The topological polar surface area (TPSA) is 80.2 Å². The molecule has 1 fully saturated rings. The number of ether oxygens (including phenoxy) is 1. The molecule has 1 aliphatic heterocycles. The van der Waals surface area contributed by atoms with Gasteiger partial charge in [0.05, 0.1) is 30.7 Å². The van der Waals surface area contributed by atoms with Crippen molar-refractivity contribution in [3.63, 3.8) is 0 Å². The van der Waals surface area contributed by atoms with E-state index in [4.69, 9.17) is 4.74 Å². The number of carbonyl (C=O) groups is 1. The summed E-state index contributed by atoms with van der Waals surface area (Å²) in [7, 11) is 1.80. The maximum atomic E-state index is 13.0. The number of anilines is 1. The highest BCUT2D eigenvalue weighted by atomic mass is 16.5. The van der Waals surface area contributed by atoms with Crippen LogP contribution < -0.4 is 10.1 Å². The minimum absolute atomic E-state index is 0.0759. The number of likely N-dealkylation sites (tertiary alicyclic amines) is 1. The van der Waals surface area contributed by atoms with Gasteiger partial charge in [-0.05, 0) is 31.9 Å². The van der Waals surface area contributed by atoms with Crippen molar-refractivity contribution in [2.45, 2.75) is 25.8 Å². The first-order chi connectivity index (χ1) is 11.7. The zero-order valence-corrected chi connectivity index (χ0v) is 13.9. The number of carbonyl (C=O) groups excluding carboxylic acids is 1. The van der Waals surface area contributed by atoms with Crippen molar-refractivity contribution >= 4 is 11.7 Å². The van der Waals surface area contributed by atoms with Crippen molar-refractivity contribution in [3.8, 4) is 5.88 Å². The number of nitrogens with one attached hydrogen (secondary N) is 1. The van der Waals surface area contributed by atoms with Gasteiger partial charge in [0.15, 0.2) is 0 Å². The molecular formula is C17H21N5O2. The van der Waals surface area contributed by atoms with Crippen LogP contribution in [0.15, 0.2) is 30.7 Å². The van der Waals surface area contributed by atoms with E-state index in [2.05, 4.69) is 20.3 Å². The van der Waals surface area contributed by atoms with E-state index in [-0.39, 0.29) is 11.9 Å². The quantitative estimate of drug-likeness (QED) is 0.907. The Hall–Kier alpha value is -2.70. The van der Waals surface area contributed by atoms with E-state index in [0.717, 1.165) is 18.5 Å². The molecule has 0 saturated carbocycles. The van der Waals surface area contributed by atoms with E-state index in [1.807, 2.05) is 11.8 Å². The number of pyridine rings is 1. The van der Waals surface area contributed by atoms with Crippen LogP contribution in [0.25, 0.3) is 0 Å². The summed E-state index contributed by atoms with van der Waals surface area (Å²) < 4.78 is 5.50. The van der Waals surface area contributed by atoms with Gasteiger partial charge < -0.3 is 15.0 Å². The van der Waals surface area contributed by atoms with Crippen LogP contribution in [0, 0.1) is 0 Å². The van der Waals surface area contributed by atoms with E-state index in [0.29, 0.717) is 30.4 Å². The molecule has 2 aromatic heterocycles. The van der Waals surface area contributed by atoms with E-state index in [1.54, 1.807) is 37.8 Å². The highest BCUT2D eigenvalue weighted by Gasteiger charge is 2.33. The van der Waals surface area contributed by atoms with Gasteiger partial charge in [0, 0.05) is 19.8 Å². The van der Waals surface area contributed by atoms with Crippen molar-refractivity contribution in [1.29, 1.82) is 0 Å². The third-order valence-corrected chi connectivity index (χ3v) is 4.05. The lowest BCUT2D eigenvalue weighted by Gasteiger charge is -2.25. The molecule has 3 rings (SSSR count). The van der Waals surface area contributed by atoms with Gasteiger partial charge in [-0.1, -0.05) is 0 Å². The standard InChI is InChI=1S/C17H21N5O2/c1-3-24-16-12(6-4-8-20-16)17(23)22-9-5-7-14(22)13-10-19-11-15(18-2)21-13/h4,6,8,10-11,14H,3,5,7,9H2,1-2H3,(H,18,21). The van der Waals surface area contributed by atoms with Crippen molar-refractivity contribution in [2.75, 3.05) is 25.5 Å². The van der Waals surface area contributed by atoms with Crippen molar-refractivity contribution in [3.05, 3.63) is 42.0 Å². The lowest BCUT2D eigenvalue weighted by molar-refractivity contribution is 0.0727. The Morgan fingerprint density at radius 2 is 2.33 bits per heavy atom. The molecule has 3 heterocycles. The third-order valence-electron chi connectivity index (χ3n) is 4.05. The summed E-state index contributed by atoms with van der Waals surface area (Å²) in [6, 6.07) is 3.43. The van der Waals surface area contributed by atoms with Crippen molar-refractivity contribution < 1.29 is 9.53 Å². The van der Waals surface area contributed by atoms with Gasteiger partial charge >= 0.3 is 0 Å². The zero-order valence-electron chi connectivity index (χ0n) is 13.9. The summed E-state index contributed by atoms with van der Waals surface area (Å²) in [6.07, 6.45) is 6.83. The summed E-state index contributed by atoms with van der Waals surface area (Å²) in [6.45, 7) is 3.03. The lowest BCUT2D eigenvalue weighted by Crippen LogP contribution is -2.31. The summed E-state index contributed by atoms with van der Waals surface area (Å²) in [5, 5.41) is 2.99. The summed E-state index contributed by atoms with van der Waals surface area (Å²) in [5.74, 6) is 1.000. The number of aromatic nitrogens is 3. The lowest BCUT2D eigenvalue weighted by atomic mass is 10.1. The maximum absolute atomic E-state index is 13.0. The second-order valence-corrected chi connectivity index (χ2v) is 5.52. The van der Waals surface area contributed by atoms with Crippen LogP contribution >= 0.6 is 0 Å². The van der Waals surface area contributed by atoms with E-state index in [1.165, 1.54) is 0 Å². The largest absolute Gasteiger partial charge is 0.477 e. The fraction of sp³-hybridized carbons (Fsp3) is 0.412. The van der Waals surface area contributed by atoms with E-state index >= 15 is 0 Å². The summed E-state index contributed by atoms with van der Waals surface area (Å²) in [4.78, 5) is 27.8. The first kappa shape index (κ1) is 16.2. The Bertz CT molecular complexity index is 722. The Labute approximate surface area is 141 Å². The summed E-state index contributed by atoms with van der Waals surface area (Å²) in [5.41, 5.74) is 1.29. The Kier molecular flexibility index (Phi) is 4.88. The van der Waals surface area contributed by atoms with Gasteiger partial charge in [-0.3, -0.25) is 9.78 Å². The smallest absolute Gasteiger partial charge is 0.259 e. The molecule has 1 atom stereocenters. The Balaban J connectivity index is 1.89. The molecule has 0 bridgehead atoms. The SMILES string of the molecule is CCOc1ncccc1C(=O)N1CCCC1c1cncc(NC)n1.